The molecule has 1 amide bonds. The topological polar surface area (TPSA) is 106 Å². The number of carbonyl (C=O) groups is 1. The van der Waals surface area contributed by atoms with Crippen LogP contribution < -0.4 is 14.2 Å². The average molecular weight is 634 g/mol. The van der Waals surface area contributed by atoms with Crippen LogP contribution in [0.1, 0.15) is 24.5 Å². The van der Waals surface area contributed by atoms with Gasteiger partial charge in [-0.1, -0.05) is 25.1 Å². The zero-order valence-corrected chi connectivity index (χ0v) is 23.7. The highest BCUT2D eigenvalue weighted by atomic mass is 127. The van der Waals surface area contributed by atoms with E-state index in [0.29, 0.717) is 55.1 Å². The van der Waals surface area contributed by atoms with Crippen LogP contribution in [0.3, 0.4) is 0 Å². The number of nitrogens with one attached hydrogen (secondary N) is 1. The fraction of sp³-hybridized carbons (Fsp3) is 0.308. The third-order valence-electron chi connectivity index (χ3n) is 5.41. The molecule has 4 rings (SSSR count). The minimum Gasteiger partial charge on any atom is -0.493 e. The Balaban J connectivity index is 1.35. The molecule has 1 N–H and O–H groups in total. The molecule has 0 aromatic heterocycles. The highest BCUT2D eigenvalue weighted by Gasteiger charge is 2.35. The van der Waals surface area contributed by atoms with Gasteiger partial charge in [0.25, 0.3) is 5.91 Å². The summed E-state index contributed by atoms with van der Waals surface area (Å²) < 4.78 is 23.6. The lowest BCUT2D eigenvalue weighted by molar-refractivity contribution is -0.114. The van der Waals surface area contributed by atoms with E-state index in [9.17, 15) is 4.79 Å². The van der Waals surface area contributed by atoms with Gasteiger partial charge < -0.3 is 18.9 Å². The first-order chi connectivity index (χ1) is 17.9. The number of hydrazone groups is 1. The third-order valence-corrected chi connectivity index (χ3v) is 7.27. The number of thioether (sulfide) groups is 1. The Morgan fingerprint density at radius 3 is 2.59 bits per heavy atom. The molecule has 9 nitrogen and oxygen atoms in total. The number of rotatable bonds is 11. The summed E-state index contributed by atoms with van der Waals surface area (Å²) in [6, 6.07) is 11.5. The molecular weight excluding hydrogens is 607 g/mol. The average Bonchev–Trinajstić information content (AvgIpc) is 3.31. The summed E-state index contributed by atoms with van der Waals surface area (Å²) in [5, 5.41) is 15.5. The minimum atomic E-state index is -0.464. The van der Waals surface area contributed by atoms with Gasteiger partial charge in [0.2, 0.25) is 5.17 Å². The molecule has 2 aliphatic heterocycles. The number of aliphatic imine (C=N–C) groups is 1. The standard InChI is InChI=1S/C26H27IN4O5S/c1-4-22-30-31-24(28)18(25(32)29-26(31)37-22)13-17-14-19(27)23(21(15-17)33-3)36-12-10-34-9-11-35-20-8-6-5-7-16(20)2/h5-8,13-15,28H,4,9-12H2,1-3H3/b18-13-,28-24?. The van der Waals surface area contributed by atoms with Crippen LogP contribution in [0.4, 0.5) is 0 Å². The molecule has 2 aromatic carbocycles. The Kier molecular flexibility index (Phi) is 9.22. The quantitative estimate of drug-likeness (QED) is 0.208. The molecule has 37 heavy (non-hydrogen) atoms. The van der Waals surface area contributed by atoms with Crippen molar-refractivity contribution in [3.63, 3.8) is 0 Å². The van der Waals surface area contributed by atoms with Crippen LogP contribution in [0.2, 0.25) is 0 Å². The Labute approximate surface area is 233 Å². The fourth-order valence-corrected chi connectivity index (χ4v) is 5.14. The largest absolute Gasteiger partial charge is 0.493 e. The SMILES string of the molecule is CCC1=NN2C(=N)/C(=C/c3cc(I)c(OCCOCCOc4ccccc4C)c(OC)c3)C(=O)N=C2S1. The summed E-state index contributed by atoms with van der Waals surface area (Å²) in [6.07, 6.45) is 2.34. The van der Waals surface area contributed by atoms with Gasteiger partial charge in [0.05, 0.1) is 29.5 Å². The molecular formula is C26H27IN4O5S. The van der Waals surface area contributed by atoms with Gasteiger partial charge >= 0.3 is 0 Å². The summed E-state index contributed by atoms with van der Waals surface area (Å²) >= 11 is 3.48. The van der Waals surface area contributed by atoms with Crippen molar-refractivity contribution in [1.82, 2.24) is 5.01 Å². The number of amidine groups is 2. The van der Waals surface area contributed by atoms with Crippen molar-refractivity contribution in [2.45, 2.75) is 20.3 Å². The van der Waals surface area contributed by atoms with E-state index in [0.717, 1.165) is 19.9 Å². The maximum absolute atomic E-state index is 12.6. The second-order valence-corrected chi connectivity index (χ2v) is 10.2. The van der Waals surface area contributed by atoms with Gasteiger partial charge in [-0.3, -0.25) is 10.2 Å². The van der Waals surface area contributed by atoms with E-state index in [-0.39, 0.29) is 11.4 Å². The van der Waals surface area contributed by atoms with Gasteiger partial charge in [-0.2, -0.15) is 15.1 Å². The van der Waals surface area contributed by atoms with Crippen LogP contribution in [0, 0.1) is 15.9 Å². The Morgan fingerprint density at radius 2 is 1.86 bits per heavy atom. The van der Waals surface area contributed by atoms with E-state index in [1.807, 2.05) is 44.2 Å². The molecule has 2 aromatic rings. The van der Waals surface area contributed by atoms with Gasteiger partial charge in [0.15, 0.2) is 17.3 Å². The first-order valence-electron chi connectivity index (χ1n) is 11.7. The number of fused-ring (bicyclic) bond motifs is 1. The summed E-state index contributed by atoms with van der Waals surface area (Å²) in [4.78, 5) is 16.7. The highest BCUT2D eigenvalue weighted by molar-refractivity contribution is 14.1. The van der Waals surface area contributed by atoms with E-state index in [4.69, 9.17) is 24.4 Å². The molecule has 0 spiro atoms. The van der Waals surface area contributed by atoms with E-state index in [1.54, 1.807) is 19.3 Å². The van der Waals surface area contributed by atoms with Crippen LogP contribution in [0.5, 0.6) is 17.2 Å². The van der Waals surface area contributed by atoms with Crippen molar-refractivity contribution < 1.29 is 23.7 Å². The molecule has 0 fully saturated rings. The lowest BCUT2D eigenvalue weighted by Crippen LogP contribution is -2.35. The number of hydrogen-bond donors (Lipinski definition) is 1. The molecule has 2 aliphatic rings. The summed E-state index contributed by atoms with van der Waals surface area (Å²) in [7, 11) is 1.56. The molecule has 0 aliphatic carbocycles. The van der Waals surface area contributed by atoms with Crippen molar-refractivity contribution in [2.75, 3.05) is 33.5 Å². The van der Waals surface area contributed by atoms with E-state index >= 15 is 0 Å². The molecule has 0 bridgehead atoms. The van der Waals surface area contributed by atoms with Crippen molar-refractivity contribution in [2.24, 2.45) is 10.1 Å². The predicted molar refractivity (Wildman–Crippen MR) is 154 cm³/mol. The molecule has 0 atom stereocenters. The lowest BCUT2D eigenvalue weighted by Gasteiger charge is -2.20. The van der Waals surface area contributed by atoms with Crippen LogP contribution in [-0.2, 0) is 9.53 Å². The number of hydrogen-bond acceptors (Lipinski definition) is 8. The first kappa shape index (κ1) is 27.1. The number of carbonyl (C=O) groups excluding carboxylic acids is 1. The van der Waals surface area contributed by atoms with Crippen molar-refractivity contribution in [3.05, 3.63) is 56.7 Å². The normalized spacial score (nSPS) is 16.0. The van der Waals surface area contributed by atoms with Gasteiger partial charge in [-0.05, 0) is 83.1 Å². The van der Waals surface area contributed by atoms with Gasteiger partial charge in [0, 0.05) is 0 Å². The molecule has 11 heteroatoms. The van der Waals surface area contributed by atoms with Crippen molar-refractivity contribution >= 4 is 62.4 Å². The number of halogens is 1. The Bertz CT molecular complexity index is 1290. The number of amides is 1. The second-order valence-electron chi connectivity index (χ2n) is 7.98. The number of nitrogens with zero attached hydrogens (tertiary/aromatic N) is 3. The zero-order chi connectivity index (χ0) is 26.4. The summed E-state index contributed by atoms with van der Waals surface area (Å²) in [5.74, 6) is 1.50. The second kappa shape index (κ2) is 12.6. The molecule has 0 saturated carbocycles. The number of ether oxygens (including phenoxy) is 4. The Morgan fingerprint density at radius 1 is 1.11 bits per heavy atom. The monoisotopic (exact) mass is 634 g/mol. The maximum Gasteiger partial charge on any atom is 0.283 e. The van der Waals surface area contributed by atoms with Crippen molar-refractivity contribution in [3.8, 4) is 17.2 Å². The summed E-state index contributed by atoms with van der Waals surface area (Å²) in [5.41, 5.74) is 1.94. The van der Waals surface area contributed by atoms with Crippen LogP contribution in [-0.4, -0.2) is 60.5 Å². The predicted octanol–water partition coefficient (Wildman–Crippen LogP) is 5.11. The lowest BCUT2D eigenvalue weighted by atomic mass is 10.1. The number of methoxy groups -OCH3 is 1. The maximum atomic E-state index is 12.6. The number of benzene rings is 2. The summed E-state index contributed by atoms with van der Waals surface area (Å²) in [6.45, 7) is 5.60. The molecule has 0 radical (unpaired) electrons. The highest BCUT2D eigenvalue weighted by Crippen LogP contribution is 2.35. The molecule has 0 saturated heterocycles. The van der Waals surface area contributed by atoms with E-state index in [1.165, 1.54) is 16.8 Å². The van der Waals surface area contributed by atoms with Gasteiger partial charge in [-0.25, -0.2) is 0 Å². The molecule has 0 unspecified atom stereocenters. The minimum absolute atomic E-state index is 0.00352. The van der Waals surface area contributed by atoms with Crippen LogP contribution in [0.25, 0.3) is 6.08 Å². The third kappa shape index (κ3) is 6.51. The Hall–Kier alpha value is -2.90. The van der Waals surface area contributed by atoms with Crippen LogP contribution >= 0.6 is 34.4 Å². The van der Waals surface area contributed by atoms with Crippen molar-refractivity contribution in [1.29, 1.82) is 5.41 Å². The smallest absolute Gasteiger partial charge is 0.283 e. The number of aryl methyl sites for hydroxylation is 1. The fourth-order valence-electron chi connectivity index (χ4n) is 3.54. The molecule has 2 heterocycles. The van der Waals surface area contributed by atoms with E-state index in [2.05, 4.69) is 32.7 Å². The van der Waals surface area contributed by atoms with Gasteiger partial charge in [0.1, 0.15) is 24.0 Å². The molecule has 194 valence electrons. The zero-order valence-electron chi connectivity index (χ0n) is 20.7. The van der Waals surface area contributed by atoms with Gasteiger partial charge in [-0.15, -0.1) is 0 Å². The number of para-hydroxylation sites is 1. The van der Waals surface area contributed by atoms with E-state index < -0.39 is 5.91 Å². The first-order valence-corrected chi connectivity index (χ1v) is 13.6. The van der Waals surface area contributed by atoms with Crippen LogP contribution in [0.15, 0.2) is 52.1 Å².